The minimum atomic E-state index is -3.91. The van der Waals surface area contributed by atoms with Gasteiger partial charge in [0.2, 0.25) is 0 Å². The zero-order valence-corrected chi connectivity index (χ0v) is 25.5. The number of nitrogens with zero attached hydrogens (tertiary/aromatic N) is 2. The number of hydrazone groups is 1. The van der Waals surface area contributed by atoms with Crippen LogP contribution in [-0.2, 0) is 23.2 Å². The molecule has 9 heteroatoms. The van der Waals surface area contributed by atoms with E-state index in [4.69, 9.17) is 16.3 Å². The van der Waals surface area contributed by atoms with E-state index in [0.717, 1.165) is 16.7 Å². The summed E-state index contributed by atoms with van der Waals surface area (Å²) in [6.45, 7) is 2.32. The average molecular weight is 624 g/mol. The van der Waals surface area contributed by atoms with Gasteiger partial charge in [0, 0.05) is 10.6 Å². The summed E-state index contributed by atoms with van der Waals surface area (Å²) in [4.78, 5) is 12.9. The predicted molar refractivity (Wildman–Crippen MR) is 175 cm³/mol. The molecule has 1 amide bonds. The smallest absolute Gasteiger partial charge is 0.271 e. The molecule has 0 unspecified atom stereocenters. The molecule has 0 spiro atoms. The third-order valence-corrected chi connectivity index (χ3v) is 8.81. The van der Waals surface area contributed by atoms with Crippen LogP contribution in [0.1, 0.15) is 32.6 Å². The van der Waals surface area contributed by atoms with Crippen molar-refractivity contribution in [2.24, 2.45) is 5.10 Å². The molecule has 0 saturated carbocycles. The van der Waals surface area contributed by atoms with Crippen molar-refractivity contribution in [3.8, 4) is 5.75 Å². The Hall–Kier alpha value is -4.92. The zero-order valence-electron chi connectivity index (χ0n) is 23.9. The first-order chi connectivity index (χ1) is 21.3. The second-order valence-corrected chi connectivity index (χ2v) is 12.3. The van der Waals surface area contributed by atoms with Gasteiger partial charge < -0.3 is 4.74 Å². The Balaban J connectivity index is 1.26. The van der Waals surface area contributed by atoms with E-state index in [9.17, 15) is 13.2 Å². The van der Waals surface area contributed by atoms with Crippen LogP contribution >= 0.6 is 11.6 Å². The Morgan fingerprint density at radius 2 is 1.55 bits per heavy atom. The zero-order chi connectivity index (χ0) is 30.9. The first-order valence-electron chi connectivity index (χ1n) is 13.8. The number of aryl methyl sites for hydroxylation is 1. The van der Waals surface area contributed by atoms with Gasteiger partial charge in [0.1, 0.15) is 12.4 Å². The Kier molecular flexibility index (Phi) is 9.74. The number of carbonyl (C=O) groups excluding carboxylic acids is 1. The Morgan fingerprint density at radius 1 is 0.841 bits per heavy atom. The van der Waals surface area contributed by atoms with Crippen molar-refractivity contribution in [3.63, 3.8) is 0 Å². The standard InChI is InChI=1S/C35H30ClN3O4S/c1-26-15-20-31(36)22-34(26)39(44(41,42)33-13-6-3-7-14-33)24-27-16-18-30(19-17-27)35(40)38-37-23-29-11-8-12-32(21-29)43-25-28-9-4-2-5-10-28/h2-23H,24-25H2,1H3,(H,38,40)/b37-23-. The van der Waals surface area contributed by atoms with Crippen LogP contribution < -0.4 is 14.5 Å². The lowest BCUT2D eigenvalue weighted by atomic mass is 10.1. The SMILES string of the molecule is Cc1ccc(Cl)cc1N(Cc1ccc(C(=O)N/N=C\c2cccc(OCc3ccccc3)c2)cc1)S(=O)(=O)c1ccccc1. The van der Waals surface area contributed by atoms with E-state index in [1.165, 1.54) is 4.31 Å². The van der Waals surface area contributed by atoms with Crippen molar-refractivity contribution in [2.45, 2.75) is 25.0 Å². The van der Waals surface area contributed by atoms with Crippen LogP contribution in [0.4, 0.5) is 5.69 Å². The molecule has 222 valence electrons. The minimum absolute atomic E-state index is 0.0428. The molecule has 7 nitrogen and oxygen atoms in total. The molecule has 0 aliphatic rings. The molecular formula is C35H30ClN3O4S. The van der Waals surface area contributed by atoms with Gasteiger partial charge in [-0.2, -0.15) is 5.10 Å². The number of rotatable bonds is 11. The number of halogens is 1. The number of anilines is 1. The van der Waals surface area contributed by atoms with Crippen LogP contribution in [-0.4, -0.2) is 20.5 Å². The van der Waals surface area contributed by atoms with Crippen molar-refractivity contribution in [2.75, 3.05) is 4.31 Å². The van der Waals surface area contributed by atoms with Crippen molar-refractivity contribution < 1.29 is 17.9 Å². The van der Waals surface area contributed by atoms with Crippen LogP contribution in [0.25, 0.3) is 0 Å². The fourth-order valence-electron chi connectivity index (χ4n) is 4.45. The maximum absolute atomic E-state index is 13.7. The molecule has 0 fully saturated rings. The lowest BCUT2D eigenvalue weighted by molar-refractivity contribution is 0.0955. The maximum Gasteiger partial charge on any atom is 0.271 e. The number of hydrogen-bond acceptors (Lipinski definition) is 5. The van der Waals surface area contributed by atoms with Gasteiger partial charge in [0.05, 0.1) is 23.3 Å². The summed E-state index contributed by atoms with van der Waals surface area (Å²) in [7, 11) is -3.91. The molecule has 0 aliphatic heterocycles. The van der Waals surface area contributed by atoms with Gasteiger partial charge in [-0.15, -0.1) is 0 Å². The van der Waals surface area contributed by atoms with E-state index in [-0.39, 0.29) is 11.4 Å². The summed E-state index contributed by atoms with van der Waals surface area (Å²) in [5.41, 5.74) is 6.68. The fraction of sp³-hybridized carbons (Fsp3) is 0.0857. The summed E-state index contributed by atoms with van der Waals surface area (Å²) in [6, 6.07) is 37.4. The van der Waals surface area contributed by atoms with Gasteiger partial charge in [-0.05, 0) is 77.7 Å². The summed E-state index contributed by atoms with van der Waals surface area (Å²) in [5.74, 6) is 0.291. The van der Waals surface area contributed by atoms with E-state index >= 15 is 0 Å². The summed E-state index contributed by atoms with van der Waals surface area (Å²) >= 11 is 6.26. The number of sulfonamides is 1. The summed E-state index contributed by atoms with van der Waals surface area (Å²) < 4.78 is 34.6. The van der Waals surface area contributed by atoms with Crippen LogP contribution in [0.5, 0.6) is 5.75 Å². The first kappa shape index (κ1) is 30.5. The highest BCUT2D eigenvalue weighted by atomic mass is 35.5. The molecule has 0 saturated heterocycles. The highest BCUT2D eigenvalue weighted by Gasteiger charge is 2.26. The largest absolute Gasteiger partial charge is 0.489 e. The monoisotopic (exact) mass is 623 g/mol. The van der Waals surface area contributed by atoms with Gasteiger partial charge >= 0.3 is 0 Å². The molecule has 5 rings (SSSR count). The van der Waals surface area contributed by atoms with Crippen molar-refractivity contribution in [1.29, 1.82) is 0 Å². The molecule has 0 bridgehead atoms. The number of hydrogen-bond donors (Lipinski definition) is 1. The molecule has 1 N–H and O–H groups in total. The molecule has 0 radical (unpaired) electrons. The van der Waals surface area contributed by atoms with Crippen molar-refractivity contribution >= 4 is 39.4 Å². The first-order valence-corrected chi connectivity index (χ1v) is 15.6. The third-order valence-electron chi connectivity index (χ3n) is 6.80. The number of carbonyl (C=O) groups is 1. The van der Waals surface area contributed by atoms with Gasteiger partial charge in [-0.25, -0.2) is 13.8 Å². The average Bonchev–Trinajstić information content (AvgIpc) is 3.05. The highest BCUT2D eigenvalue weighted by molar-refractivity contribution is 7.92. The number of amides is 1. The van der Waals surface area contributed by atoms with Crippen molar-refractivity contribution in [1.82, 2.24) is 5.43 Å². The van der Waals surface area contributed by atoms with E-state index in [2.05, 4.69) is 10.5 Å². The minimum Gasteiger partial charge on any atom is -0.489 e. The second kappa shape index (κ2) is 14.0. The number of ether oxygens (including phenoxy) is 1. The van der Waals surface area contributed by atoms with E-state index in [1.54, 1.807) is 79.0 Å². The lowest BCUT2D eigenvalue weighted by Crippen LogP contribution is -2.31. The Bertz CT molecular complexity index is 1860. The molecule has 0 heterocycles. The molecular weight excluding hydrogens is 594 g/mol. The van der Waals surface area contributed by atoms with Gasteiger partial charge in [0.25, 0.3) is 15.9 Å². The van der Waals surface area contributed by atoms with E-state index in [1.807, 2.05) is 61.5 Å². The van der Waals surface area contributed by atoms with Gasteiger partial charge in [0.15, 0.2) is 0 Å². The predicted octanol–water partition coefficient (Wildman–Crippen LogP) is 7.39. The van der Waals surface area contributed by atoms with Crippen molar-refractivity contribution in [3.05, 3.63) is 160 Å². The van der Waals surface area contributed by atoms with Crippen LogP contribution in [0.3, 0.4) is 0 Å². The third kappa shape index (κ3) is 7.72. The molecule has 5 aromatic rings. The topological polar surface area (TPSA) is 88.1 Å². The molecule has 44 heavy (non-hydrogen) atoms. The fourth-order valence-corrected chi connectivity index (χ4v) is 6.15. The lowest BCUT2D eigenvalue weighted by Gasteiger charge is -2.26. The summed E-state index contributed by atoms with van der Waals surface area (Å²) in [5, 5.41) is 4.52. The number of benzene rings is 5. The van der Waals surface area contributed by atoms with E-state index in [0.29, 0.717) is 34.2 Å². The molecule has 5 aromatic carbocycles. The normalized spacial score (nSPS) is 11.3. The van der Waals surface area contributed by atoms with E-state index < -0.39 is 15.9 Å². The number of nitrogens with one attached hydrogen (secondary N) is 1. The van der Waals surface area contributed by atoms with Gasteiger partial charge in [-0.1, -0.05) is 90.5 Å². The Labute approximate surface area is 262 Å². The maximum atomic E-state index is 13.7. The van der Waals surface area contributed by atoms with Crippen LogP contribution in [0, 0.1) is 6.92 Å². The van der Waals surface area contributed by atoms with Crippen LogP contribution in [0.2, 0.25) is 5.02 Å². The van der Waals surface area contributed by atoms with Crippen LogP contribution in [0.15, 0.2) is 137 Å². The van der Waals surface area contributed by atoms with Gasteiger partial charge in [-0.3, -0.25) is 9.10 Å². The quantitative estimate of drug-likeness (QED) is 0.123. The second-order valence-electron chi connectivity index (χ2n) is 10.00. The Morgan fingerprint density at radius 3 is 2.27 bits per heavy atom. The molecule has 0 aromatic heterocycles. The molecule has 0 atom stereocenters. The molecule has 0 aliphatic carbocycles. The highest BCUT2D eigenvalue weighted by Crippen LogP contribution is 2.31. The summed E-state index contributed by atoms with van der Waals surface area (Å²) in [6.07, 6.45) is 1.54.